The number of benzene rings is 2. The molecule has 0 aliphatic carbocycles. The van der Waals surface area contributed by atoms with Gasteiger partial charge in [-0.25, -0.2) is 0 Å². The number of hydrogen-bond acceptors (Lipinski definition) is 3. The summed E-state index contributed by atoms with van der Waals surface area (Å²) in [5, 5.41) is 9.13. The second-order valence-electron chi connectivity index (χ2n) is 6.07. The third-order valence-electron chi connectivity index (χ3n) is 4.29. The number of rotatable bonds is 5. The van der Waals surface area contributed by atoms with Gasteiger partial charge in [0.1, 0.15) is 0 Å². The molecule has 1 aromatic heterocycles. The zero-order valence-corrected chi connectivity index (χ0v) is 19.0. The molecule has 0 spiro atoms. The minimum atomic E-state index is 0. The van der Waals surface area contributed by atoms with E-state index >= 15 is 0 Å². The predicted molar refractivity (Wildman–Crippen MR) is 127 cm³/mol. The van der Waals surface area contributed by atoms with Crippen LogP contribution >= 0.6 is 35.7 Å². The second-order valence-corrected chi connectivity index (χ2v) is 6.92. The van der Waals surface area contributed by atoms with Crippen LogP contribution in [0.2, 0.25) is 0 Å². The van der Waals surface area contributed by atoms with Gasteiger partial charge in [-0.1, -0.05) is 36.4 Å². The Kier molecular flexibility index (Phi) is 8.37. The van der Waals surface area contributed by atoms with Crippen molar-refractivity contribution in [3.05, 3.63) is 71.5 Å². The largest absolute Gasteiger partial charge is 0.352 e. The molecule has 142 valence electrons. The molecular weight excluding hydrogens is 467 g/mol. The molecule has 0 aliphatic rings. The van der Waals surface area contributed by atoms with Crippen molar-refractivity contribution in [3.8, 4) is 0 Å². The highest BCUT2D eigenvalue weighted by Gasteiger charge is 2.06. The van der Waals surface area contributed by atoms with Crippen LogP contribution in [0.5, 0.6) is 0 Å². The van der Waals surface area contributed by atoms with Gasteiger partial charge < -0.3 is 10.6 Å². The van der Waals surface area contributed by atoms with Gasteiger partial charge >= 0.3 is 0 Å². The fraction of sp³-hybridized carbons (Fsp3) is 0.238. The van der Waals surface area contributed by atoms with Crippen LogP contribution in [0.3, 0.4) is 0 Å². The summed E-state index contributed by atoms with van der Waals surface area (Å²) >= 11 is 1.77. The number of fused-ring (bicyclic) bond motifs is 1. The Morgan fingerprint density at radius 2 is 1.85 bits per heavy atom. The summed E-state index contributed by atoms with van der Waals surface area (Å²) in [5.41, 5.74) is 3.57. The lowest BCUT2D eigenvalue weighted by Gasteiger charge is -2.14. The van der Waals surface area contributed by atoms with Crippen LogP contribution < -0.4 is 10.6 Å². The number of guanidine groups is 1. The molecule has 6 heteroatoms. The Balaban J connectivity index is 0.00000261. The zero-order chi connectivity index (χ0) is 18.4. The van der Waals surface area contributed by atoms with Crippen LogP contribution in [0.25, 0.3) is 10.8 Å². The summed E-state index contributed by atoms with van der Waals surface area (Å²) in [4.78, 5) is 10.1. The van der Waals surface area contributed by atoms with Crippen molar-refractivity contribution in [3.63, 3.8) is 0 Å². The summed E-state index contributed by atoms with van der Waals surface area (Å²) in [6.45, 7) is 3.48. The highest BCUT2D eigenvalue weighted by atomic mass is 127. The minimum Gasteiger partial charge on any atom is -0.352 e. The number of thioether (sulfide) groups is 1. The van der Waals surface area contributed by atoms with E-state index in [2.05, 4.69) is 64.1 Å². The van der Waals surface area contributed by atoms with E-state index in [9.17, 15) is 0 Å². The maximum atomic E-state index is 4.52. The van der Waals surface area contributed by atoms with E-state index in [0.29, 0.717) is 6.54 Å². The molecule has 0 saturated carbocycles. The molecule has 4 nitrogen and oxygen atoms in total. The first-order valence-electron chi connectivity index (χ1n) is 8.62. The van der Waals surface area contributed by atoms with Crippen LogP contribution in [0.15, 0.2) is 64.6 Å². The summed E-state index contributed by atoms with van der Waals surface area (Å²) in [7, 11) is 1.79. The molecular formula is C21H25IN4S. The Bertz CT molecular complexity index is 922. The topological polar surface area (TPSA) is 49.3 Å². The number of pyridine rings is 1. The highest BCUT2D eigenvalue weighted by Crippen LogP contribution is 2.21. The lowest BCUT2D eigenvalue weighted by molar-refractivity contribution is 0.792. The van der Waals surface area contributed by atoms with Crippen molar-refractivity contribution in [1.29, 1.82) is 0 Å². The zero-order valence-electron chi connectivity index (χ0n) is 15.8. The van der Waals surface area contributed by atoms with Gasteiger partial charge in [-0.05, 0) is 41.8 Å². The summed E-state index contributed by atoms with van der Waals surface area (Å²) in [5.74, 6) is 0.771. The van der Waals surface area contributed by atoms with Crippen LogP contribution in [0.1, 0.15) is 16.8 Å². The first-order valence-corrected chi connectivity index (χ1v) is 9.84. The van der Waals surface area contributed by atoms with E-state index in [1.54, 1.807) is 18.8 Å². The molecule has 0 amide bonds. The second kappa shape index (κ2) is 10.5. The van der Waals surface area contributed by atoms with Crippen molar-refractivity contribution in [2.45, 2.75) is 24.9 Å². The molecule has 0 saturated heterocycles. The maximum Gasteiger partial charge on any atom is 0.191 e. The molecule has 2 N–H and O–H groups in total. The molecule has 0 unspecified atom stereocenters. The fourth-order valence-corrected chi connectivity index (χ4v) is 3.59. The Hall–Kier alpha value is -1.80. The quantitative estimate of drug-likeness (QED) is 0.234. The van der Waals surface area contributed by atoms with Crippen LogP contribution in [0, 0.1) is 6.92 Å². The average molecular weight is 492 g/mol. The number of nitrogens with one attached hydrogen (secondary N) is 2. The van der Waals surface area contributed by atoms with Crippen molar-refractivity contribution < 1.29 is 0 Å². The number of halogens is 1. The Morgan fingerprint density at radius 1 is 1.07 bits per heavy atom. The van der Waals surface area contributed by atoms with Gasteiger partial charge in [-0.15, -0.1) is 35.7 Å². The summed E-state index contributed by atoms with van der Waals surface area (Å²) in [6, 6.07) is 16.9. The monoisotopic (exact) mass is 492 g/mol. The van der Waals surface area contributed by atoms with Crippen LogP contribution in [-0.4, -0.2) is 24.2 Å². The molecule has 0 fully saturated rings. The molecule has 2 aromatic carbocycles. The number of nitrogens with zero attached hydrogens (tertiary/aromatic N) is 2. The van der Waals surface area contributed by atoms with Crippen molar-refractivity contribution in [1.82, 2.24) is 15.6 Å². The van der Waals surface area contributed by atoms with E-state index in [1.165, 1.54) is 26.8 Å². The molecule has 0 radical (unpaired) electrons. The average Bonchev–Trinajstić information content (AvgIpc) is 2.68. The Morgan fingerprint density at radius 3 is 2.63 bits per heavy atom. The van der Waals surface area contributed by atoms with Gasteiger partial charge in [-0.3, -0.25) is 9.98 Å². The van der Waals surface area contributed by atoms with Crippen LogP contribution in [0.4, 0.5) is 0 Å². The smallest absolute Gasteiger partial charge is 0.191 e. The summed E-state index contributed by atoms with van der Waals surface area (Å²) < 4.78 is 0. The van der Waals surface area contributed by atoms with E-state index in [4.69, 9.17) is 0 Å². The lowest BCUT2D eigenvalue weighted by Crippen LogP contribution is -2.36. The van der Waals surface area contributed by atoms with Crippen molar-refractivity contribution in [2.24, 2.45) is 4.99 Å². The molecule has 0 atom stereocenters. The van der Waals surface area contributed by atoms with E-state index in [1.807, 2.05) is 24.4 Å². The summed E-state index contributed by atoms with van der Waals surface area (Å²) in [6.07, 6.45) is 3.96. The molecule has 3 rings (SSSR count). The third kappa shape index (κ3) is 5.59. The van der Waals surface area contributed by atoms with Crippen LogP contribution in [-0.2, 0) is 13.1 Å². The molecule has 1 heterocycles. The van der Waals surface area contributed by atoms with Gasteiger partial charge in [0.05, 0.1) is 12.2 Å². The molecule has 0 bridgehead atoms. The Labute approximate surface area is 182 Å². The van der Waals surface area contributed by atoms with Crippen molar-refractivity contribution >= 4 is 52.5 Å². The normalized spacial score (nSPS) is 11.1. The van der Waals surface area contributed by atoms with E-state index < -0.39 is 0 Å². The van der Waals surface area contributed by atoms with Gasteiger partial charge in [0.15, 0.2) is 5.96 Å². The predicted octanol–water partition coefficient (Wildman–Crippen LogP) is 4.75. The van der Waals surface area contributed by atoms with Gasteiger partial charge in [0.25, 0.3) is 0 Å². The molecule has 0 aliphatic heterocycles. The van der Waals surface area contributed by atoms with E-state index in [0.717, 1.165) is 18.2 Å². The number of hydrogen-bond donors (Lipinski definition) is 2. The van der Waals surface area contributed by atoms with Crippen molar-refractivity contribution in [2.75, 3.05) is 13.3 Å². The third-order valence-corrected chi connectivity index (χ3v) is 5.11. The van der Waals surface area contributed by atoms with E-state index in [-0.39, 0.29) is 24.0 Å². The highest BCUT2D eigenvalue weighted by molar-refractivity contribution is 14.0. The fourth-order valence-electron chi connectivity index (χ4n) is 2.89. The number of aromatic nitrogens is 1. The number of aliphatic imine (C=N–C) groups is 1. The molecule has 27 heavy (non-hydrogen) atoms. The standard InChI is InChI=1S/C21H24N4S.HI/c1-15-8-9-17(20(12-15)26-3)13-24-21(22-2)25-14-19-18-7-5-4-6-16(18)10-11-23-19;/h4-12H,13-14H2,1-3H3,(H2,22,24,25);1H. The first-order chi connectivity index (χ1) is 12.7. The maximum absolute atomic E-state index is 4.52. The SMILES string of the molecule is CN=C(NCc1ccc(C)cc1SC)NCc1nccc2ccccc12.I. The van der Waals surface area contributed by atoms with Gasteiger partial charge in [0, 0.05) is 30.1 Å². The number of aryl methyl sites for hydroxylation is 1. The lowest BCUT2D eigenvalue weighted by atomic mass is 10.1. The molecule has 3 aromatic rings. The first kappa shape index (κ1) is 21.5. The van der Waals surface area contributed by atoms with Gasteiger partial charge in [-0.2, -0.15) is 0 Å². The van der Waals surface area contributed by atoms with Gasteiger partial charge in [0.2, 0.25) is 0 Å². The minimum absolute atomic E-state index is 0.